The number of ether oxygens (including phenoxy) is 1. The summed E-state index contributed by atoms with van der Waals surface area (Å²) in [5.74, 6) is 0.832. The zero-order valence-electron chi connectivity index (χ0n) is 11.1. The van der Waals surface area contributed by atoms with Crippen LogP contribution in [0.5, 0.6) is 5.75 Å². The first kappa shape index (κ1) is 13.4. The van der Waals surface area contributed by atoms with E-state index in [9.17, 15) is 5.11 Å². The lowest BCUT2D eigenvalue weighted by Gasteiger charge is -2.28. The van der Waals surface area contributed by atoms with Gasteiger partial charge in [-0.1, -0.05) is 24.1 Å². The van der Waals surface area contributed by atoms with Gasteiger partial charge in [0.05, 0.1) is 0 Å². The second kappa shape index (κ2) is 6.76. The van der Waals surface area contributed by atoms with E-state index in [1.54, 1.807) is 0 Å². The Morgan fingerprint density at radius 2 is 1.83 bits per heavy atom. The first-order valence-corrected chi connectivity index (χ1v) is 6.84. The lowest BCUT2D eigenvalue weighted by Crippen LogP contribution is -2.38. The fraction of sp³-hybridized carbons (Fsp3) is 0.600. The molecule has 1 fully saturated rings. The Bertz CT molecular complexity index is 344. The van der Waals surface area contributed by atoms with Crippen molar-refractivity contribution in [2.24, 2.45) is 0 Å². The standard InChI is InChI=1S/C15H23NO2/c1-13-5-7-15(8-6-13)18-12-14(17)11-16-9-3-2-4-10-16/h5-8,14,17H,2-4,9-12H2,1H3/t14-/m1/s1. The molecule has 1 aliphatic heterocycles. The average molecular weight is 249 g/mol. The van der Waals surface area contributed by atoms with Gasteiger partial charge in [0.2, 0.25) is 0 Å². The molecule has 0 aromatic heterocycles. The van der Waals surface area contributed by atoms with Gasteiger partial charge in [0, 0.05) is 6.54 Å². The Labute approximate surface area is 109 Å². The van der Waals surface area contributed by atoms with E-state index in [1.165, 1.54) is 24.8 Å². The molecule has 1 atom stereocenters. The maximum atomic E-state index is 9.95. The van der Waals surface area contributed by atoms with Gasteiger partial charge in [0.1, 0.15) is 18.5 Å². The number of β-amino-alcohol motifs (C(OH)–C–C–N with tert-alkyl or cyclic N) is 1. The number of hydrogen-bond donors (Lipinski definition) is 1. The minimum atomic E-state index is -0.399. The quantitative estimate of drug-likeness (QED) is 0.868. The number of aliphatic hydroxyl groups is 1. The number of benzene rings is 1. The summed E-state index contributed by atoms with van der Waals surface area (Å²) in [7, 11) is 0. The second-order valence-corrected chi connectivity index (χ2v) is 5.14. The molecule has 3 nitrogen and oxygen atoms in total. The first-order chi connectivity index (χ1) is 8.74. The van der Waals surface area contributed by atoms with Crippen molar-refractivity contribution in [1.29, 1.82) is 0 Å². The van der Waals surface area contributed by atoms with E-state index >= 15 is 0 Å². The smallest absolute Gasteiger partial charge is 0.119 e. The second-order valence-electron chi connectivity index (χ2n) is 5.14. The monoisotopic (exact) mass is 249 g/mol. The predicted octanol–water partition coefficient (Wildman–Crippen LogP) is 2.22. The van der Waals surface area contributed by atoms with E-state index in [4.69, 9.17) is 4.74 Å². The van der Waals surface area contributed by atoms with Gasteiger partial charge in [-0.15, -0.1) is 0 Å². The van der Waals surface area contributed by atoms with Crippen molar-refractivity contribution in [3.8, 4) is 5.75 Å². The van der Waals surface area contributed by atoms with Crippen LogP contribution < -0.4 is 4.74 Å². The summed E-state index contributed by atoms with van der Waals surface area (Å²) in [6.45, 7) is 5.38. The number of likely N-dealkylation sites (tertiary alicyclic amines) is 1. The molecule has 1 N–H and O–H groups in total. The molecule has 0 bridgehead atoms. The summed E-state index contributed by atoms with van der Waals surface area (Å²) in [4.78, 5) is 2.33. The van der Waals surface area contributed by atoms with Crippen molar-refractivity contribution in [2.75, 3.05) is 26.2 Å². The molecule has 3 heteroatoms. The topological polar surface area (TPSA) is 32.7 Å². The number of piperidine rings is 1. The normalized spacial score (nSPS) is 18.6. The van der Waals surface area contributed by atoms with Crippen LogP contribution in [0.3, 0.4) is 0 Å². The van der Waals surface area contributed by atoms with Crippen LogP contribution in [0.4, 0.5) is 0 Å². The van der Waals surface area contributed by atoms with Crippen molar-refractivity contribution in [2.45, 2.75) is 32.3 Å². The van der Waals surface area contributed by atoms with Gasteiger partial charge in [0.15, 0.2) is 0 Å². The van der Waals surface area contributed by atoms with Gasteiger partial charge in [-0.05, 0) is 45.0 Å². The van der Waals surface area contributed by atoms with Gasteiger partial charge in [-0.3, -0.25) is 0 Å². The molecule has 1 saturated heterocycles. The Kier molecular flexibility index (Phi) is 5.02. The molecule has 2 rings (SSSR count). The van der Waals surface area contributed by atoms with Crippen molar-refractivity contribution < 1.29 is 9.84 Å². The summed E-state index contributed by atoms with van der Waals surface area (Å²) in [6.07, 6.45) is 3.44. The molecule has 1 aromatic rings. The predicted molar refractivity (Wildman–Crippen MR) is 73.0 cm³/mol. The van der Waals surface area contributed by atoms with Crippen molar-refractivity contribution in [3.63, 3.8) is 0 Å². The highest BCUT2D eigenvalue weighted by Gasteiger charge is 2.14. The van der Waals surface area contributed by atoms with Crippen LogP contribution in [0.2, 0.25) is 0 Å². The molecule has 18 heavy (non-hydrogen) atoms. The van der Waals surface area contributed by atoms with Gasteiger partial charge < -0.3 is 14.7 Å². The molecule has 0 unspecified atom stereocenters. The molecule has 100 valence electrons. The zero-order valence-corrected chi connectivity index (χ0v) is 11.1. The molecular formula is C15H23NO2. The fourth-order valence-electron chi connectivity index (χ4n) is 2.32. The fourth-order valence-corrected chi connectivity index (χ4v) is 2.32. The van der Waals surface area contributed by atoms with E-state index in [0.29, 0.717) is 6.61 Å². The highest BCUT2D eigenvalue weighted by atomic mass is 16.5. The summed E-state index contributed by atoms with van der Waals surface area (Å²) in [6, 6.07) is 7.94. The highest BCUT2D eigenvalue weighted by Crippen LogP contribution is 2.12. The van der Waals surface area contributed by atoms with Crippen LogP contribution in [-0.2, 0) is 0 Å². The third-order valence-corrected chi connectivity index (χ3v) is 3.38. The zero-order chi connectivity index (χ0) is 12.8. The Morgan fingerprint density at radius 1 is 1.17 bits per heavy atom. The van der Waals surface area contributed by atoms with Gasteiger partial charge in [0.25, 0.3) is 0 Å². The van der Waals surface area contributed by atoms with Crippen LogP contribution in [0.15, 0.2) is 24.3 Å². The summed E-state index contributed by atoms with van der Waals surface area (Å²) in [5.41, 5.74) is 1.22. The SMILES string of the molecule is Cc1ccc(OC[C@H](O)CN2CCCCC2)cc1. The van der Waals surface area contributed by atoms with E-state index in [2.05, 4.69) is 11.8 Å². The third-order valence-electron chi connectivity index (χ3n) is 3.38. The maximum absolute atomic E-state index is 9.95. The largest absolute Gasteiger partial charge is 0.491 e. The molecular weight excluding hydrogens is 226 g/mol. The molecule has 1 heterocycles. The summed E-state index contributed by atoms with van der Waals surface area (Å²) >= 11 is 0. The molecule has 0 radical (unpaired) electrons. The number of aryl methyl sites for hydroxylation is 1. The maximum Gasteiger partial charge on any atom is 0.119 e. The number of nitrogens with zero attached hydrogens (tertiary/aromatic N) is 1. The van der Waals surface area contributed by atoms with Gasteiger partial charge in [-0.25, -0.2) is 0 Å². The highest BCUT2D eigenvalue weighted by molar-refractivity contribution is 5.26. The Morgan fingerprint density at radius 3 is 2.50 bits per heavy atom. The Balaban J connectivity index is 1.70. The van der Waals surface area contributed by atoms with E-state index in [-0.39, 0.29) is 0 Å². The van der Waals surface area contributed by atoms with Crippen LogP contribution >= 0.6 is 0 Å². The van der Waals surface area contributed by atoms with E-state index in [1.807, 2.05) is 24.3 Å². The molecule has 0 aliphatic carbocycles. The van der Waals surface area contributed by atoms with Gasteiger partial charge in [-0.2, -0.15) is 0 Å². The van der Waals surface area contributed by atoms with Crippen LogP contribution in [0.25, 0.3) is 0 Å². The molecule has 0 spiro atoms. The van der Waals surface area contributed by atoms with Crippen LogP contribution in [0, 0.1) is 6.92 Å². The number of aliphatic hydroxyl groups excluding tert-OH is 1. The van der Waals surface area contributed by atoms with Crippen molar-refractivity contribution in [1.82, 2.24) is 4.90 Å². The third kappa shape index (κ3) is 4.31. The molecule has 1 aromatic carbocycles. The molecule has 0 amide bonds. The summed E-state index contributed by atoms with van der Waals surface area (Å²) < 4.78 is 5.59. The first-order valence-electron chi connectivity index (χ1n) is 6.84. The lowest BCUT2D eigenvalue weighted by atomic mass is 10.1. The Hall–Kier alpha value is -1.06. The lowest BCUT2D eigenvalue weighted by molar-refractivity contribution is 0.0617. The summed E-state index contributed by atoms with van der Waals surface area (Å²) in [5, 5.41) is 9.95. The van der Waals surface area contributed by atoms with Crippen molar-refractivity contribution in [3.05, 3.63) is 29.8 Å². The number of hydrogen-bond acceptors (Lipinski definition) is 3. The van der Waals surface area contributed by atoms with Crippen LogP contribution in [0.1, 0.15) is 24.8 Å². The minimum absolute atomic E-state index is 0.375. The number of rotatable bonds is 5. The molecule has 0 saturated carbocycles. The van der Waals surface area contributed by atoms with Crippen molar-refractivity contribution >= 4 is 0 Å². The van der Waals surface area contributed by atoms with Crippen LogP contribution in [-0.4, -0.2) is 42.4 Å². The van der Waals surface area contributed by atoms with Gasteiger partial charge >= 0.3 is 0 Å². The van der Waals surface area contributed by atoms with E-state index in [0.717, 1.165) is 25.4 Å². The molecule has 1 aliphatic rings. The van der Waals surface area contributed by atoms with E-state index < -0.39 is 6.10 Å². The minimum Gasteiger partial charge on any atom is -0.491 e. The average Bonchev–Trinajstić information content (AvgIpc) is 2.39.